The van der Waals surface area contributed by atoms with Crippen molar-refractivity contribution >= 4 is 18.0 Å². The highest BCUT2D eigenvalue weighted by atomic mass is 16.6. The first-order valence-electron chi connectivity index (χ1n) is 11.0. The highest BCUT2D eigenvalue weighted by molar-refractivity contribution is 5.89. The summed E-state index contributed by atoms with van der Waals surface area (Å²) in [5, 5.41) is 15.6. The van der Waals surface area contributed by atoms with Crippen molar-refractivity contribution in [2.45, 2.75) is 51.6 Å². The molecule has 1 fully saturated rings. The van der Waals surface area contributed by atoms with Gasteiger partial charge >= 0.3 is 18.0 Å². The molecule has 0 bridgehead atoms. The van der Waals surface area contributed by atoms with E-state index in [0.29, 0.717) is 36.8 Å². The molecule has 8 heteroatoms. The van der Waals surface area contributed by atoms with Gasteiger partial charge in [-0.3, -0.25) is 4.90 Å². The topological polar surface area (TPSA) is 107 Å². The number of likely N-dealkylation sites (tertiary alicyclic amines) is 1. The van der Waals surface area contributed by atoms with Crippen LogP contribution in [-0.2, 0) is 27.2 Å². The van der Waals surface area contributed by atoms with Gasteiger partial charge in [0.05, 0.1) is 6.61 Å². The van der Waals surface area contributed by atoms with Crippen molar-refractivity contribution in [2.75, 3.05) is 26.7 Å². The number of ether oxygens (including phenoxy) is 1. The van der Waals surface area contributed by atoms with Crippen LogP contribution in [0.1, 0.15) is 37.8 Å². The summed E-state index contributed by atoms with van der Waals surface area (Å²) in [6, 6.07) is 9.77. The molecule has 8 nitrogen and oxygen atoms in total. The van der Waals surface area contributed by atoms with Crippen molar-refractivity contribution in [3.8, 4) is 0 Å². The second kappa shape index (κ2) is 12.2. The Morgan fingerprint density at radius 1 is 1.06 bits per heavy atom. The molecule has 0 spiro atoms. The Labute approximate surface area is 189 Å². The zero-order valence-electron chi connectivity index (χ0n) is 19.1. The number of amides is 1. The normalized spacial score (nSPS) is 17.0. The Bertz CT molecular complexity index is 773. The second-order valence-electron chi connectivity index (χ2n) is 8.69. The molecule has 2 aliphatic rings. The summed E-state index contributed by atoms with van der Waals surface area (Å²) < 4.78 is 5.36. The SMILES string of the molecule is CC(C)COC(=O)N(C)C1CCN(C2Cc3ccccc3C2)CC1.O=C(O)C=CC(=O)O. The molecule has 1 aliphatic heterocycles. The van der Waals surface area contributed by atoms with Gasteiger partial charge in [-0.1, -0.05) is 38.1 Å². The average Bonchev–Trinajstić information content (AvgIpc) is 3.20. The van der Waals surface area contributed by atoms with Gasteiger partial charge in [0.25, 0.3) is 0 Å². The maximum absolute atomic E-state index is 12.1. The number of hydrogen-bond donors (Lipinski definition) is 2. The van der Waals surface area contributed by atoms with E-state index in [1.165, 1.54) is 24.0 Å². The standard InChI is InChI=1S/C20H30N2O2.C4H4O4/c1-15(2)14-24-20(23)21(3)18-8-10-22(11-9-18)19-12-16-6-4-5-7-17(16)13-19;5-3(6)1-2-4(7)8/h4-7,15,18-19H,8-14H2,1-3H3;1-2H,(H,5,6)(H,7,8). The van der Waals surface area contributed by atoms with E-state index in [9.17, 15) is 14.4 Å². The number of rotatable bonds is 6. The molecule has 1 aromatic carbocycles. The number of benzene rings is 1. The molecule has 2 N–H and O–H groups in total. The quantitative estimate of drug-likeness (QED) is 0.647. The Morgan fingerprint density at radius 3 is 2.00 bits per heavy atom. The van der Waals surface area contributed by atoms with Gasteiger partial charge in [-0.2, -0.15) is 0 Å². The molecule has 0 atom stereocenters. The minimum atomic E-state index is -1.26. The van der Waals surface area contributed by atoms with Crippen LogP contribution in [0.3, 0.4) is 0 Å². The Balaban J connectivity index is 0.000000390. The number of piperidine rings is 1. The largest absolute Gasteiger partial charge is 0.478 e. The third kappa shape index (κ3) is 8.00. The number of fused-ring (bicyclic) bond motifs is 1. The van der Waals surface area contributed by atoms with E-state index in [4.69, 9.17) is 14.9 Å². The Hall–Kier alpha value is -2.87. The first-order valence-corrected chi connectivity index (χ1v) is 11.0. The molecule has 0 saturated carbocycles. The van der Waals surface area contributed by atoms with Crippen molar-refractivity contribution in [3.63, 3.8) is 0 Å². The zero-order valence-corrected chi connectivity index (χ0v) is 19.1. The summed E-state index contributed by atoms with van der Waals surface area (Å²) >= 11 is 0. The molecule has 1 aliphatic carbocycles. The maximum atomic E-state index is 12.1. The van der Waals surface area contributed by atoms with Crippen LogP contribution in [0.15, 0.2) is 36.4 Å². The van der Waals surface area contributed by atoms with Crippen LogP contribution in [-0.4, -0.2) is 76.9 Å². The molecule has 1 heterocycles. The van der Waals surface area contributed by atoms with Crippen LogP contribution < -0.4 is 0 Å². The predicted molar refractivity (Wildman–Crippen MR) is 121 cm³/mol. The lowest BCUT2D eigenvalue weighted by molar-refractivity contribution is -0.134. The van der Waals surface area contributed by atoms with E-state index in [-0.39, 0.29) is 6.09 Å². The van der Waals surface area contributed by atoms with Crippen molar-refractivity contribution in [2.24, 2.45) is 5.92 Å². The van der Waals surface area contributed by atoms with E-state index in [1.54, 1.807) is 0 Å². The molecule has 1 amide bonds. The number of hydrogen-bond acceptors (Lipinski definition) is 5. The summed E-state index contributed by atoms with van der Waals surface area (Å²) in [5.41, 5.74) is 3.03. The van der Waals surface area contributed by atoms with E-state index >= 15 is 0 Å². The number of carbonyl (C=O) groups excluding carboxylic acids is 1. The molecular weight excluding hydrogens is 412 g/mol. The third-order valence-electron chi connectivity index (χ3n) is 5.79. The fraction of sp³-hybridized carbons (Fsp3) is 0.542. The third-order valence-corrected chi connectivity index (χ3v) is 5.79. The van der Waals surface area contributed by atoms with Gasteiger partial charge in [0.1, 0.15) is 0 Å². The summed E-state index contributed by atoms with van der Waals surface area (Å²) in [4.78, 5) is 35.7. The lowest BCUT2D eigenvalue weighted by Crippen LogP contribution is -2.49. The van der Waals surface area contributed by atoms with Crippen LogP contribution >= 0.6 is 0 Å². The molecule has 1 aromatic rings. The molecule has 176 valence electrons. The average molecular weight is 447 g/mol. The van der Waals surface area contributed by atoms with Crippen LogP contribution in [0.4, 0.5) is 4.79 Å². The van der Waals surface area contributed by atoms with Gasteiger partial charge in [-0.25, -0.2) is 14.4 Å². The minimum Gasteiger partial charge on any atom is -0.478 e. The molecule has 3 rings (SSSR count). The van der Waals surface area contributed by atoms with Crippen molar-refractivity contribution in [1.29, 1.82) is 0 Å². The number of carbonyl (C=O) groups is 3. The highest BCUT2D eigenvalue weighted by Crippen LogP contribution is 2.28. The highest BCUT2D eigenvalue weighted by Gasteiger charge is 2.32. The molecule has 32 heavy (non-hydrogen) atoms. The first-order chi connectivity index (χ1) is 15.2. The Kier molecular flexibility index (Phi) is 9.71. The Morgan fingerprint density at radius 2 is 1.56 bits per heavy atom. The fourth-order valence-corrected chi connectivity index (χ4v) is 4.06. The van der Waals surface area contributed by atoms with E-state index in [0.717, 1.165) is 25.9 Å². The monoisotopic (exact) mass is 446 g/mol. The van der Waals surface area contributed by atoms with Gasteiger partial charge in [0.2, 0.25) is 0 Å². The van der Waals surface area contributed by atoms with Crippen LogP contribution in [0.5, 0.6) is 0 Å². The second-order valence-corrected chi connectivity index (χ2v) is 8.69. The smallest absolute Gasteiger partial charge is 0.409 e. The number of nitrogens with zero attached hydrogens (tertiary/aromatic N) is 2. The predicted octanol–water partition coefficient (Wildman–Crippen LogP) is 3.05. The van der Waals surface area contributed by atoms with E-state index < -0.39 is 11.9 Å². The summed E-state index contributed by atoms with van der Waals surface area (Å²) in [6.07, 6.45) is 5.38. The molecule has 1 saturated heterocycles. The summed E-state index contributed by atoms with van der Waals surface area (Å²) in [5.74, 6) is -2.13. The van der Waals surface area contributed by atoms with Crippen LogP contribution in [0.25, 0.3) is 0 Å². The van der Waals surface area contributed by atoms with Crippen molar-refractivity contribution in [1.82, 2.24) is 9.80 Å². The van der Waals surface area contributed by atoms with E-state index in [1.807, 2.05) is 11.9 Å². The first kappa shape index (κ1) is 25.4. The van der Waals surface area contributed by atoms with Crippen molar-refractivity contribution < 1.29 is 29.3 Å². The van der Waals surface area contributed by atoms with E-state index in [2.05, 4.69) is 43.0 Å². The molecule has 0 radical (unpaired) electrons. The number of carboxylic acid groups (broad SMARTS) is 2. The zero-order chi connectivity index (χ0) is 23.7. The van der Waals surface area contributed by atoms with Crippen LogP contribution in [0.2, 0.25) is 0 Å². The lowest BCUT2D eigenvalue weighted by atomic mass is 10.0. The van der Waals surface area contributed by atoms with Gasteiger partial charge in [-0.15, -0.1) is 0 Å². The number of carboxylic acids is 2. The van der Waals surface area contributed by atoms with Gasteiger partial charge < -0.3 is 19.8 Å². The molecule has 0 aromatic heterocycles. The lowest BCUT2D eigenvalue weighted by Gasteiger charge is -2.39. The minimum absolute atomic E-state index is 0.171. The van der Waals surface area contributed by atoms with Crippen LogP contribution in [0, 0.1) is 5.92 Å². The maximum Gasteiger partial charge on any atom is 0.409 e. The molecule has 0 unspecified atom stereocenters. The van der Waals surface area contributed by atoms with Gasteiger partial charge in [0, 0.05) is 44.4 Å². The fourth-order valence-electron chi connectivity index (χ4n) is 4.06. The summed E-state index contributed by atoms with van der Waals surface area (Å²) in [7, 11) is 1.88. The van der Waals surface area contributed by atoms with Gasteiger partial charge in [-0.05, 0) is 42.7 Å². The number of aliphatic carboxylic acids is 2. The summed E-state index contributed by atoms with van der Waals surface area (Å²) in [6.45, 7) is 6.77. The molecular formula is C24H34N2O6. The van der Waals surface area contributed by atoms with Gasteiger partial charge in [0.15, 0.2) is 0 Å². The van der Waals surface area contributed by atoms with Crippen molar-refractivity contribution in [3.05, 3.63) is 47.5 Å².